The van der Waals surface area contributed by atoms with E-state index in [0.717, 1.165) is 56.0 Å². The molecule has 5 heteroatoms. The van der Waals surface area contributed by atoms with Crippen LogP contribution in [-0.4, -0.2) is 32.8 Å². The lowest BCUT2D eigenvalue weighted by Gasteiger charge is -2.32. The van der Waals surface area contributed by atoms with Gasteiger partial charge in [0.15, 0.2) is 5.84 Å². The summed E-state index contributed by atoms with van der Waals surface area (Å²) < 4.78 is 4.77. The zero-order valence-corrected chi connectivity index (χ0v) is 28.1. The minimum absolute atomic E-state index is 0.248. The number of aromatic nitrogens is 2. The molecule has 51 heavy (non-hydrogen) atoms. The minimum atomic E-state index is -0.248. The number of para-hydroxylation sites is 4. The van der Waals surface area contributed by atoms with Gasteiger partial charge < -0.3 is 14.0 Å². The summed E-state index contributed by atoms with van der Waals surface area (Å²) in [6.07, 6.45) is -0.248. The molecule has 0 amide bonds. The molecule has 1 aliphatic rings. The fraction of sp³-hybridized carbons (Fsp3) is 0.0435. The predicted molar refractivity (Wildman–Crippen MR) is 212 cm³/mol. The summed E-state index contributed by atoms with van der Waals surface area (Å²) in [5.74, 6) is 1.58. The van der Waals surface area contributed by atoms with E-state index in [-0.39, 0.29) is 6.17 Å². The van der Waals surface area contributed by atoms with E-state index in [9.17, 15) is 0 Å². The highest BCUT2D eigenvalue weighted by Crippen LogP contribution is 2.37. The van der Waals surface area contributed by atoms with Gasteiger partial charge in [-0.05, 0) is 48.0 Å². The van der Waals surface area contributed by atoms with Crippen LogP contribution in [0.4, 0.5) is 0 Å². The summed E-state index contributed by atoms with van der Waals surface area (Å²) in [5.41, 5.74) is 9.85. The molecule has 0 saturated heterocycles. The van der Waals surface area contributed by atoms with E-state index >= 15 is 0 Å². The largest absolute Gasteiger partial charge is 0.333 e. The Morgan fingerprint density at radius 3 is 1.31 bits per heavy atom. The average molecular weight is 656 g/mol. The normalized spacial score (nSPS) is 14.8. The molecule has 10 rings (SSSR count). The molecule has 3 heterocycles. The third kappa shape index (κ3) is 4.70. The summed E-state index contributed by atoms with van der Waals surface area (Å²) in [5, 5.41) is 4.90. The Kier molecular flexibility index (Phi) is 6.71. The van der Waals surface area contributed by atoms with Crippen molar-refractivity contribution in [1.29, 1.82) is 0 Å². The van der Waals surface area contributed by atoms with Crippen molar-refractivity contribution in [3.63, 3.8) is 0 Å². The molecule has 0 radical (unpaired) electrons. The quantitative estimate of drug-likeness (QED) is 0.182. The van der Waals surface area contributed by atoms with Gasteiger partial charge in [-0.2, -0.15) is 0 Å². The highest BCUT2D eigenvalue weighted by Gasteiger charge is 2.27. The third-order valence-electron chi connectivity index (χ3n) is 10.1. The van der Waals surface area contributed by atoms with Crippen LogP contribution in [0.15, 0.2) is 186 Å². The summed E-state index contributed by atoms with van der Waals surface area (Å²) in [7, 11) is 2.09. The van der Waals surface area contributed by atoms with Crippen LogP contribution >= 0.6 is 0 Å². The number of hydrogen-bond acceptors (Lipinski definition) is 3. The van der Waals surface area contributed by atoms with Crippen molar-refractivity contribution in [2.24, 2.45) is 9.98 Å². The van der Waals surface area contributed by atoms with Gasteiger partial charge >= 0.3 is 0 Å². The molecule has 242 valence electrons. The molecule has 0 N–H and O–H groups in total. The topological polar surface area (TPSA) is 37.8 Å². The minimum Gasteiger partial charge on any atom is -0.333 e. The molecule has 0 aliphatic carbocycles. The second-order valence-corrected chi connectivity index (χ2v) is 13.1. The zero-order chi connectivity index (χ0) is 33.9. The Bertz CT molecular complexity index is 2580. The number of fused-ring (bicyclic) bond motifs is 6. The van der Waals surface area contributed by atoms with Gasteiger partial charge in [-0.15, -0.1) is 0 Å². The lowest BCUT2D eigenvalue weighted by Crippen LogP contribution is -2.35. The smallest absolute Gasteiger partial charge is 0.159 e. The maximum absolute atomic E-state index is 5.41. The number of hydrogen-bond donors (Lipinski definition) is 0. The molecule has 0 spiro atoms. The fourth-order valence-electron chi connectivity index (χ4n) is 7.83. The highest BCUT2D eigenvalue weighted by molar-refractivity contribution is 6.14. The SMILES string of the molecule is CN1C(c2ccccc2)=NC(c2cc(-n3c4ccccc4c4ccccc43)cc(-n3c4ccccc4c4ccccc43)c2)=NC1c1ccccc1. The van der Waals surface area contributed by atoms with E-state index in [4.69, 9.17) is 9.98 Å². The first-order valence-corrected chi connectivity index (χ1v) is 17.4. The number of nitrogens with zero attached hydrogens (tertiary/aromatic N) is 5. The van der Waals surface area contributed by atoms with Gasteiger partial charge in [-0.25, -0.2) is 9.98 Å². The van der Waals surface area contributed by atoms with Gasteiger partial charge in [-0.1, -0.05) is 133 Å². The van der Waals surface area contributed by atoms with Crippen LogP contribution in [0.3, 0.4) is 0 Å². The van der Waals surface area contributed by atoms with Crippen LogP contribution in [-0.2, 0) is 0 Å². The van der Waals surface area contributed by atoms with Crippen molar-refractivity contribution >= 4 is 55.3 Å². The van der Waals surface area contributed by atoms with E-state index in [1.807, 2.05) is 6.07 Å². The Morgan fingerprint density at radius 1 is 0.431 bits per heavy atom. The molecular weight excluding hydrogens is 623 g/mol. The molecule has 5 nitrogen and oxygen atoms in total. The summed E-state index contributed by atoms with van der Waals surface area (Å²) in [4.78, 5) is 12.9. The van der Waals surface area contributed by atoms with E-state index < -0.39 is 0 Å². The average Bonchev–Trinajstić information content (AvgIpc) is 3.72. The van der Waals surface area contributed by atoms with Crippen molar-refractivity contribution in [1.82, 2.24) is 14.0 Å². The molecule has 9 aromatic rings. The van der Waals surface area contributed by atoms with Gasteiger partial charge in [0.1, 0.15) is 12.0 Å². The molecule has 2 aromatic heterocycles. The van der Waals surface area contributed by atoms with Crippen LogP contribution in [0.25, 0.3) is 55.0 Å². The maximum atomic E-state index is 5.41. The standard InChI is InChI=1S/C46H33N5/c1-49-45(31-16-4-2-5-17-31)47-44(48-46(49)32-18-6-3-7-19-32)33-28-34(50-40-24-12-8-20-36(40)37-21-9-13-25-41(37)50)30-35(29-33)51-42-26-14-10-22-38(42)39-23-11-15-27-43(39)51/h2-30,45H,1H3. The Morgan fingerprint density at radius 2 is 0.843 bits per heavy atom. The van der Waals surface area contributed by atoms with Crippen LogP contribution in [0.1, 0.15) is 22.9 Å². The Balaban J connectivity index is 1.29. The van der Waals surface area contributed by atoms with Crippen molar-refractivity contribution in [2.45, 2.75) is 6.17 Å². The van der Waals surface area contributed by atoms with Crippen molar-refractivity contribution < 1.29 is 0 Å². The number of amidine groups is 2. The first-order valence-electron chi connectivity index (χ1n) is 17.4. The second-order valence-electron chi connectivity index (χ2n) is 13.1. The van der Waals surface area contributed by atoms with Gasteiger partial charge in [0.25, 0.3) is 0 Å². The molecular formula is C46H33N5. The molecule has 1 unspecified atom stereocenters. The van der Waals surface area contributed by atoms with Gasteiger partial charge in [0, 0.05) is 51.1 Å². The first kappa shape index (κ1) is 29.2. The molecule has 0 bridgehead atoms. The van der Waals surface area contributed by atoms with E-state index in [1.54, 1.807) is 0 Å². The highest BCUT2D eigenvalue weighted by atomic mass is 15.3. The Hall–Kier alpha value is -6.72. The van der Waals surface area contributed by atoms with Crippen molar-refractivity contribution in [3.8, 4) is 11.4 Å². The first-order chi connectivity index (χ1) is 25.2. The number of rotatable bonds is 5. The lowest BCUT2D eigenvalue weighted by atomic mass is 10.1. The summed E-state index contributed by atoms with van der Waals surface area (Å²) >= 11 is 0. The van der Waals surface area contributed by atoms with Crippen molar-refractivity contribution in [2.75, 3.05) is 7.05 Å². The van der Waals surface area contributed by atoms with Gasteiger partial charge in [0.05, 0.1) is 22.1 Å². The van der Waals surface area contributed by atoms with E-state index in [2.05, 4.69) is 191 Å². The zero-order valence-electron chi connectivity index (χ0n) is 28.1. The summed E-state index contributed by atoms with van der Waals surface area (Å²) in [6.45, 7) is 0. The maximum Gasteiger partial charge on any atom is 0.159 e. The molecule has 0 fully saturated rings. The van der Waals surface area contributed by atoms with Gasteiger partial charge in [-0.3, -0.25) is 0 Å². The third-order valence-corrected chi connectivity index (χ3v) is 10.1. The number of benzene rings is 7. The Labute approximate surface area is 295 Å². The fourth-order valence-corrected chi connectivity index (χ4v) is 7.83. The molecule has 7 aromatic carbocycles. The van der Waals surface area contributed by atoms with Crippen LogP contribution in [0.5, 0.6) is 0 Å². The van der Waals surface area contributed by atoms with E-state index in [1.165, 1.54) is 21.5 Å². The van der Waals surface area contributed by atoms with E-state index in [0.29, 0.717) is 5.84 Å². The number of aliphatic imine (C=N–C) groups is 2. The lowest BCUT2D eigenvalue weighted by molar-refractivity contribution is 0.383. The van der Waals surface area contributed by atoms with Gasteiger partial charge in [0.2, 0.25) is 0 Å². The second kappa shape index (κ2) is 11.7. The predicted octanol–water partition coefficient (Wildman–Crippen LogP) is 10.7. The van der Waals surface area contributed by atoms with Crippen LogP contribution < -0.4 is 0 Å². The summed E-state index contributed by atoms with van der Waals surface area (Å²) in [6, 6.07) is 62.5. The molecule has 1 aliphatic heterocycles. The molecule has 0 saturated carbocycles. The van der Waals surface area contributed by atoms with Crippen LogP contribution in [0, 0.1) is 0 Å². The van der Waals surface area contributed by atoms with Crippen molar-refractivity contribution in [3.05, 3.63) is 193 Å². The monoisotopic (exact) mass is 655 g/mol. The van der Waals surface area contributed by atoms with Crippen LogP contribution in [0.2, 0.25) is 0 Å². The molecule has 1 atom stereocenters.